The number of allylic oxidation sites excluding steroid dienone is 21. The molecule has 0 saturated carbocycles. The molecule has 0 aromatic heterocycles. The molecule has 2 fully saturated rings. The number of hydrogen-bond acceptors (Lipinski definition) is 28. The van der Waals surface area contributed by atoms with E-state index in [1.807, 2.05) is 6.92 Å². The second kappa shape index (κ2) is 63.9. The SMILES string of the molecule is CC(=O)NC1C(OC2C(CO)OC(OP(=O)([O-])OP(=O)([O-])OCC=C(C)CCC=C(C)CCC=C(C)CCC=C(C)CCC=C(C)CCC=C(C)CCC=C(C)CCC=C(C)CCC=C(C)CCC=C(C)CCC=C(C)C)C(NC(C)=O)C2OC(C)C(=O)NC(C)C(=O)NC(CCC(=O)NC(CCCC([NH3+])C(=O)[O-])C(=O)NC(C)C(=O)NC(C)C(=O)[O-])C(=O)[O-])OC(CO)C(O)C1O. The van der Waals surface area contributed by atoms with Crippen LogP contribution < -0.4 is 68.1 Å². The first kappa shape index (κ1) is 121. The first-order valence-corrected chi connectivity index (χ1v) is 48.9. The lowest BCUT2D eigenvalue weighted by Gasteiger charge is -2.50. The summed E-state index contributed by atoms with van der Waals surface area (Å²) < 4.78 is 65.3. The molecule has 36 nitrogen and oxygen atoms in total. The number of ether oxygens (including phenoxy) is 4. The largest absolute Gasteiger partial charge is 0.756 e. The number of carbonyl (C=O) groups excluding carboxylic acids is 10. The minimum atomic E-state index is -6.29. The minimum Gasteiger partial charge on any atom is -0.756 e. The van der Waals surface area contributed by atoms with Gasteiger partial charge in [0, 0.05) is 26.7 Å². The molecule has 0 aromatic rings. The molecule has 0 radical (unpaired) electrons. The van der Waals surface area contributed by atoms with Crippen LogP contribution >= 0.6 is 15.6 Å². The Labute approximate surface area is 785 Å². The summed E-state index contributed by atoms with van der Waals surface area (Å²) >= 11 is 0. The maximum atomic E-state index is 14.1. The second-order valence-corrected chi connectivity index (χ2v) is 38.2. The standard InChI is InChI=1S/C95H156N8O28P2/c1-58(2)30-19-31-59(3)32-20-33-60(4)34-21-35-61(5)36-22-37-62(6)38-23-39-63(7)40-24-41-64(8)42-25-43-65(9)44-26-45-66(10)46-27-47-67(11)48-28-49-68(12)54-55-125-132(121,122)131-133(123,124)130-95-82(101-74(18)107)86(85(79(57-105)128-95)129-94-81(100-73(17)106)84(110)83(109)78(56-104)127-94)126-72(16)89(113)97-70(14)88(112)103-77(93(119)120)52-53-80(108)102-76(51-29-50-75(96)92(117)118)90(114)98-69(13)87(111)99-71(15)91(115)116/h30,32,34,36,38,40,42,44,46,48,54,69-72,75-79,81-86,94-95,104-105,109-110H,19-29,31,33,35,37,39,41,43,45,47,49-53,55-57,96H2,1-18H3,(H,97,113)(H,98,114)(H,99,111)(H,100,106)(H,101,107)(H,102,108)(H,103,112)(H,115,116)(H,117,118)(H,119,120)(H,121,122)(H,123,124)/p-4. The molecule has 2 saturated heterocycles. The summed E-state index contributed by atoms with van der Waals surface area (Å²) in [5.74, 6) is -12.5. The average Bonchev–Trinajstić information content (AvgIpc) is 0.745. The maximum Gasteiger partial charge on any atom is 0.276 e. The molecule has 19 atom stereocenters. The Morgan fingerprint density at radius 1 is 0.406 bits per heavy atom. The highest BCUT2D eigenvalue weighted by Gasteiger charge is 2.54. The van der Waals surface area contributed by atoms with E-state index in [0.717, 1.165) is 156 Å². The molecule has 2 aliphatic heterocycles. The number of aliphatic hydroxyl groups is 4. The maximum absolute atomic E-state index is 14.1. The summed E-state index contributed by atoms with van der Waals surface area (Å²) in [7, 11) is -12.2. The first-order chi connectivity index (χ1) is 62.4. The van der Waals surface area contributed by atoms with Crippen molar-refractivity contribution in [3.05, 3.63) is 128 Å². The van der Waals surface area contributed by atoms with Crippen molar-refractivity contribution in [2.24, 2.45) is 0 Å². The van der Waals surface area contributed by atoms with Gasteiger partial charge in [0.2, 0.25) is 41.4 Å². The van der Waals surface area contributed by atoms with Crippen molar-refractivity contribution in [3.8, 4) is 0 Å². The van der Waals surface area contributed by atoms with E-state index in [1.165, 1.54) is 63.2 Å². The Hall–Kier alpha value is -8.26. The van der Waals surface area contributed by atoms with E-state index in [0.29, 0.717) is 18.4 Å². The predicted octanol–water partition coefficient (Wildman–Crippen LogP) is 5.82. The molecule has 754 valence electrons. The summed E-state index contributed by atoms with van der Waals surface area (Å²) in [6, 6.07) is -13.2. The van der Waals surface area contributed by atoms with Crippen LogP contribution in [-0.2, 0) is 89.4 Å². The van der Waals surface area contributed by atoms with E-state index in [4.69, 9.17) is 28.0 Å². The van der Waals surface area contributed by atoms with Gasteiger partial charge in [-0.25, -0.2) is 4.31 Å². The molecule has 2 rings (SSSR count). The number of aliphatic hydroxyl groups excluding tert-OH is 4. The van der Waals surface area contributed by atoms with Gasteiger partial charge in [-0.05, 0) is 258 Å². The van der Waals surface area contributed by atoms with Crippen LogP contribution in [0.1, 0.15) is 285 Å². The smallest absolute Gasteiger partial charge is 0.276 e. The van der Waals surface area contributed by atoms with Crippen molar-refractivity contribution in [2.45, 2.75) is 389 Å². The summed E-state index contributed by atoms with van der Waals surface area (Å²) in [6.07, 6.45) is 24.5. The number of amides is 7. The molecule has 0 aromatic carbocycles. The van der Waals surface area contributed by atoms with E-state index < -0.39 is 211 Å². The van der Waals surface area contributed by atoms with E-state index in [-0.39, 0.29) is 19.3 Å². The van der Waals surface area contributed by atoms with Gasteiger partial charge in [-0.1, -0.05) is 128 Å². The molecule has 2 heterocycles. The van der Waals surface area contributed by atoms with Gasteiger partial charge in [0.15, 0.2) is 12.6 Å². The van der Waals surface area contributed by atoms with E-state index >= 15 is 0 Å². The summed E-state index contributed by atoms with van der Waals surface area (Å²) in [6.45, 7) is 29.2. The van der Waals surface area contributed by atoms with Crippen molar-refractivity contribution in [1.82, 2.24) is 37.2 Å². The molecule has 7 amide bonds. The number of phosphoric ester groups is 2. The molecule has 14 N–H and O–H groups in total. The van der Waals surface area contributed by atoms with Crippen molar-refractivity contribution < 1.29 is 141 Å². The Balaban J connectivity index is 2.11. The third-order valence-corrected chi connectivity index (χ3v) is 25.0. The highest BCUT2D eigenvalue weighted by molar-refractivity contribution is 7.59. The minimum absolute atomic E-state index is 0.0692. The van der Waals surface area contributed by atoms with Gasteiger partial charge < -0.3 is 126 Å². The fourth-order valence-electron chi connectivity index (χ4n) is 14.2. The van der Waals surface area contributed by atoms with E-state index in [9.17, 15) is 103 Å². The highest BCUT2D eigenvalue weighted by atomic mass is 31.3. The van der Waals surface area contributed by atoms with Crippen LogP contribution in [0.5, 0.6) is 0 Å². The zero-order chi connectivity index (χ0) is 100. The van der Waals surface area contributed by atoms with Gasteiger partial charge in [0.25, 0.3) is 15.6 Å². The molecule has 0 aliphatic carbocycles. The molecular formula is C95H152N8O28P2-4. The lowest BCUT2D eigenvalue weighted by molar-refractivity contribution is -0.438. The van der Waals surface area contributed by atoms with Crippen LogP contribution in [-0.4, -0.2) is 203 Å². The number of nitrogens with one attached hydrogen (secondary N) is 7. The quantitative estimate of drug-likeness (QED) is 0.0252. The second-order valence-electron chi connectivity index (χ2n) is 35.3. The first-order valence-electron chi connectivity index (χ1n) is 45.9. The van der Waals surface area contributed by atoms with Crippen LogP contribution in [0, 0.1) is 0 Å². The molecule has 2 aliphatic rings. The van der Waals surface area contributed by atoms with Crippen LogP contribution in [0.15, 0.2) is 128 Å². The van der Waals surface area contributed by atoms with Gasteiger partial charge in [-0.15, -0.1) is 0 Å². The third-order valence-electron chi connectivity index (χ3n) is 22.4. The van der Waals surface area contributed by atoms with Crippen molar-refractivity contribution in [3.63, 3.8) is 0 Å². The Bertz CT molecular complexity index is 4220. The summed E-state index contributed by atoms with van der Waals surface area (Å²) in [5.41, 5.74) is 18.0. The molecule has 19 unspecified atom stereocenters. The number of carboxylic acid groups (broad SMARTS) is 3. The zero-order valence-corrected chi connectivity index (χ0v) is 82.9. The monoisotopic (exact) mass is 1920 g/mol. The van der Waals surface area contributed by atoms with Crippen LogP contribution in [0.3, 0.4) is 0 Å². The summed E-state index contributed by atoms with van der Waals surface area (Å²) in [5, 5.41) is 93.6. The number of aliphatic carboxylic acids is 3. The number of quaternary nitrogens is 1. The topological polar surface area (TPSA) is 578 Å². The van der Waals surface area contributed by atoms with Gasteiger partial charge in [0.05, 0.1) is 49.8 Å². The van der Waals surface area contributed by atoms with Crippen molar-refractivity contribution in [1.29, 1.82) is 0 Å². The van der Waals surface area contributed by atoms with Crippen molar-refractivity contribution >= 4 is 74.9 Å². The van der Waals surface area contributed by atoms with Crippen LogP contribution in [0.2, 0.25) is 0 Å². The number of rotatable bonds is 64. The van der Waals surface area contributed by atoms with Gasteiger partial charge >= 0.3 is 0 Å². The molecule has 0 bridgehead atoms. The molecule has 0 spiro atoms. The highest BCUT2D eigenvalue weighted by Crippen LogP contribution is 2.57. The third kappa shape index (κ3) is 51.5. The number of carbonyl (C=O) groups is 10. The number of carboxylic acids is 3. The normalized spacial score (nSPS) is 22.4. The lowest BCUT2D eigenvalue weighted by atomic mass is 9.94. The summed E-state index contributed by atoms with van der Waals surface area (Å²) in [4.78, 5) is 155. The van der Waals surface area contributed by atoms with Gasteiger partial charge in [-0.2, -0.15) is 0 Å². The van der Waals surface area contributed by atoms with Gasteiger partial charge in [0.1, 0.15) is 79.0 Å². The molecular weight excluding hydrogens is 1760 g/mol. The van der Waals surface area contributed by atoms with E-state index in [1.54, 1.807) is 6.92 Å². The van der Waals surface area contributed by atoms with E-state index in [2.05, 4.69) is 177 Å². The Morgan fingerprint density at radius 3 is 1.17 bits per heavy atom. The number of hydrogen-bond donors (Lipinski definition) is 12. The average molecular weight is 1920 g/mol. The molecule has 133 heavy (non-hydrogen) atoms. The van der Waals surface area contributed by atoms with Crippen molar-refractivity contribution in [2.75, 3.05) is 19.8 Å². The Morgan fingerprint density at radius 2 is 0.782 bits per heavy atom. The Kier molecular flexibility index (Phi) is 58.1. The fourth-order valence-corrected chi connectivity index (χ4v) is 16.2. The molecule has 38 heteroatoms. The van der Waals surface area contributed by atoms with Crippen LogP contribution in [0.25, 0.3) is 0 Å². The zero-order valence-electron chi connectivity index (χ0n) is 81.2. The fraction of sp³-hybridized carbons (Fsp3) is 0.663. The predicted molar refractivity (Wildman–Crippen MR) is 492 cm³/mol. The number of phosphoric acid groups is 2. The lowest BCUT2D eigenvalue weighted by Crippen LogP contribution is -2.70. The van der Waals surface area contributed by atoms with Gasteiger partial charge in [-0.3, -0.25) is 47.2 Å². The van der Waals surface area contributed by atoms with Crippen LogP contribution in [0.4, 0.5) is 0 Å².